The van der Waals surface area contributed by atoms with Crippen LogP contribution in [0.25, 0.3) is 0 Å². The van der Waals surface area contributed by atoms with E-state index in [1.54, 1.807) is 26.8 Å². The van der Waals surface area contributed by atoms with Crippen LogP contribution in [0.5, 0.6) is 0 Å². The van der Waals surface area contributed by atoms with Gasteiger partial charge < -0.3 is 14.7 Å². The lowest BCUT2D eigenvalue weighted by Crippen LogP contribution is -2.53. The van der Waals surface area contributed by atoms with E-state index in [2.05, 4.69) is 0 Å². The first-order chi connectivity index (χ1) is 12.0. The summed E-state index contributed by atoms with van der Waals surface area (Å²) >= 11 is 0. The van der Waals surface area contributed by atoms with Gasteiger partial charge in [0.05, 0.1) is 12.5 Å². The number of amides is 3. The molecule has 0 saturated carbocycles. The summed E-state index contributed by atoms with van der Waals surface area (Å²) in [5.41, 5.74) is 0.730. The predicted octanol–water partition coefficient (Wildman–Crippen LogP) is 0.865. The zero-order chi connectivity index (χ0) is 18.0. The van der Waals surface area contributed by atoms with Crippen molar-refractivity contribution in [2.75, 3.05) is 32.7 Å². The third kappa shape index (κ3) is 3.81. The van der Waals surface area contributed by atoms with Crippen LogP contribution in [-0.4, -0.2) is 65.1 Å². The fourth-order valence-electron chi connectivity index (χ4n) is 3.42. The van der Waals surface area contributed by atoms with Crippen molar-refractivity contribution in [2.24, 2.45) is 5.92 Å². The largest absolute Gasteiger partial charge is 0.342 e. The van der Waals surface area contributed by atoms with Gasteiger partial charge in [-0.05, 0) is 24.6 Å². The lowest BCUT2D eigenvalue weighted by Gasteiger charge is -2.35. The molecule has 1 atom stereocenters. The number of carbonyl (C=O) groups excluding carboxylic acids is 3. The van der Waals surface area contributed by atoms with E-state index in [1.165, 1.54) is 12.1 Å². The van der Waals surface area contributed by atoms with Crippen molar-refractivity contribution in [3.05, 3.63) is 35.6 Å². The number of nitrogens with zero attached hydrogens (tertiary/aromatic N) is 3. The molecule has 0 radical (unpaired) electrons. The average molecular weight is 347 g/mol. The minimum Gasteiger partial charge on any atom is -0.342 e. The van der Waals surface area contributed by atoms with Crippen LogP contribution < -0.4 is 0 Å². The van der Waals surface area contributed by atoms with Crippen molar-refractivity contribution in [3.8, 4) is 0 Å². The van der Waals surface area contributed by atoms with E-state index in [9.17, 15) is 18.8 Å². The van der Waals surface area contributed by atoms with Crippen molar-refractivity contribution in [2.45, 2.75) is 19.9 Å². The molecule has 0 unspecified atom stereocenters. The molecule has 1 aromatic rings. The van der Waals surface area contributed by atoms with Gasteiger partial charge in [-0.1, -0.05) is 12.1 Å². The summed E-state index contributed by atoms with van der Waals surface area (Å²) < 4.78 is 13.3. The van der Waals surface area contributed by atoms with Crippen molar-refractivity contribution in [1.29, 1.82) is 0 Å². The molecule has 2 heterocycles. The second-order valence-corrected chi connectivity index (χ2v) is 6.54. The Hall–Kier alpha value is -2.44. The molecule has 7 heteroatoms. The Labute approximate surface area is 146 Å². The molecule has 3 amide bonds. The van der Waals surface area contributed by atoms with Gasteiger partial charge in [0.1, 0.15) is 5.82 Å². The molecule has 1 aromatic carbocycles. The van der Waals surface area contributed by atoms with Gasteiger partial charge in [0.25, 0.3) is 0 Å². The molecule has 25 heavy (non-hydrogen) atoms. The van der Waals surface area contributed by atoms with Crippen LogP contribution >= 0.6 is 0 Å². The highest BCUT2D eigenvalue weighted by molar-refractivity contribution is 5.92. The fourth-order valence-corrected chi connectivity index (χ4v) is 3.42. The topological polar surface area (TPSA) is 60.9 Å². The Bertz CT molecular complexity index is 694. The zero-order valence-electron chi connectivity index (χ0n) is 14.3. The summed E-state index contributed by atoms with van der Waals surface area (Å²) in [6.45, 7) is 4.14. The van der Waals surface area contributed by atoms with E-state index < -0.39 is 0 Å². The Kier molecular flexibility index (Phi) is 5.01. The number of rotatable bonds is 4. The summed E-state index contributed by atoms with van der Waals surface area (Å²) in [7, 11) is 0. The Morgan fingerprint density at radius 2 is 2.00 bits per heavy atom. The summed E-state index contributed by atoms with van der Waals surface area (Å²) in [4.78, 5) is 41.6. The fraction of sp³-hybridized carbons (Fsp3) is 0.500. The molecule has 2 fully saturated rings. The van der Waals surface area contributed by atoms with Crippen LogP contribution in [0.2, 0.25) is 0 Å². The van der Waals surface area contributed by atoms with Crippen LogP contribution in [0.1, 0.15) is 18.9 Å². The third-order valence-electron chi connectivity index (χ3n) is 4.84. The highest BCUT2D eigenvalue weighted by atomic mass is 19.1. The molecule has 6 nitrogen and oxygen atoms in total. The molecule has 0 aliphatic carbocycles. The quantitative estimate of drug-likeness (QED) is 0.812. The van der Waals surface area contributed by atoms with Gasteiger partial charge in [-0.25, -0.2) is 4.39 Å². The lowest BCUT2D eigenvalue weighted by molar-refractivity contribution is -0.147. The Morgan fingerprint density at radius 1 is 1.20 bits per heavy atom. The molecule has 3 rings (SSSR count). The van der Waals surface area contributed by atoms with E-state index in [0.29, 0.717) is 32.7 Å². The van der Waals surface area contributed by atoms with E-state index in [-0.39, 0.29) is 42.4 Å². The minimum atomic E-state index is -0.352. The molecule has 2 aliphatic rings. The summed E-state index contributed by atoms with van der Waals surface area (Å²) in [6.07, 6.45) is 0.227. The van der Waals surface area contributed by atoms with E-state index >= 15 is 0 Å². The minimum absolute atomic E-state index is 0.00285. The summed E-state index contributed by atoms with van der Waals surface area (Å²) in [5, 5.41) is 0. The molecular formula is C18H22FN3O3. The zero-order valence-corrected chi connectivity index (χ0v) is 14.3. The monoisotopic (exact) mass is 347 g/mol. The lowest BCUT2D eigenvalue weighted by atomic mass is 10.1. The molecule has 134 valence electrons. The number of piperazine rings is 1. The van der Waals surface area contributed by atoms with Gasteiger partial charge >= 0.3 is 0 Å². The molecular weight excluding hydrogens is 325 g/mol. The van der Waals surface area contributed by atoms with Gasteiger partial charge in [0.2, 0.25) is 17.7 Å². The van der Waals surface area contributed by atoms with Gasteiger partial charge in [-0.3, -0.25) is 14.4 Å². The van der Waals surface area contributed by atoms with Gasteiger partial charge in [0, 0.05) is 39.1 Å². The van der Waals surface area contributed by atoms with Crippen molar-refractivity contribution >= 4 is 17.7 Å². The summed E-state index contributed by atoms with van der Waals surface area (Å²) in [6, 6.07) is 6.17. The number of likely N-dealkylation sites (tertiary alicyclic amines) is 1. The first-order valence-corrected chi connectivity index (χ1v) is 8.56. The molecule has 2 saturated heterocycles. The number of halogens is 1. The average Bonchev–Trinajstić information content (AvgIpc) is 2.97. The Morgan fingerprint density at radius 3 is 2.64 bits per heavy atom. The third-order valence-corrected chi connectivity index (χ3v) is 4.84. The molecule has 0 aromatic heterocycles. The molecule has 0 spiro atoms. The maximum absolute atomic E-state index is 13.3. The predicted molar refractivity (Wildman–Crippen MR) is 88.8 cm³/mol. The second kappa shape index (κ2) is 7.21. The van der Waals surface area contributed by atoms with Crippen LogP contribution in [0.15, 0.2) is 24.3 Å². The maximum Gasteiger partial charge on any atom is 0.242 e. The van der Waals surface area contributed by atoms with Crippen LogP contribution in [0, 0.1) is 11.7 Å². The second-order valence-electron chi connectivity index (χ2n) is 6.54. The normalized spacial score (nSPS) is 21.2. The number of benzene rings is 1. The van der Waals surface area contributed by atoms with E-state index in [1.807, 2.05) is 6.92 Å². The molecule has 0 N–H and O–H groups in total. The van der Waals surface area contributed by atoms with Crippen molar-refractivity contribution in [3.63, 3.8) is 0 Å². The van der Waals surface area contributed by atoms with Crippen LogP contribution in [0.4, 0.5) is 4.39 Å². The highest BCUT2D eigenvalue weighted by Crippen LogP contribution is 2.21. The van der Waals surface area contributed by atoms with Crippen LogP contribution in [0.3, 0.4) is 0 Å². The van der Waals surface area contributed by atoms with Crippen molar-refractivity contribution < 1.29 is 18.8 Å². The van der Waals surface area contributed by atoms with E-state index in [0.717, 1.165) is 5.56 Å². The van der Waals surface area contributed by atoms with E-state index in [4.69, 9.17) is 0 Å². The SMILES string of the molecule is CCN1C[C@@H](C(=O)N2CCN(Cc3cccc(F)c3)C(=O)C2)CC1=O. The maximum atomic E-state index is 13.3. The first-order valence-electron chi connectivity index (χ1n) is 8.56. The number of hydrogen-bond acceptors (Lipinski definition) is 3. The van der Waals surface area contributed by atoms with Gasteiger partial charge in [-0.2, -0.15) is 0 Å². The number of carbonyl (C=O) groups is 3. The standard InChI is InChI=1S/C18H22FN3O3/c1-2-20-11-14(9-16(20)23)18(25)22-7-6-21(17(24)12-22)10-13-4-3-5-15(19)8-13/h3-5,8,14H,2,6-7,9-12H2,1H3/t14-/m0/s1. The molecule has 2 aliphatic heterocycles. The van der Waals surface area contributed by atoms with Gasteiger partial charge in [0.15, 0.2) is 0 Å². The molecule has 0 bridgehead atoms. The van der Waals surface area contributed by atoms with Crippen LogP contribution in [-0.2, 0) is 20.9 Å². The van der Waals surface area contributed by atoms with Crippen molar-refractivity contribution in [1.82, 2.24) is 14.7 Å². The Balaban J connectivity index is 1.57. The summed E-state index contributed by atoms with van der Waals surface area (Å²) in [5.74, 6) is -0.958. The first kappa shape index (κ1) is 17.4. The number of hydrogen-bond donors (Lipinski definition) is 0. The smallest absolute Gasteiger partial charge is 0.242 e. The highest BCUT2D eigenvalue weighted by Gasteiger charge is 2.37. The van der Waals surface area contributed by atoms with Gasteiger partial charge in [-0.15, -0.1) is 0 Å².